The summed E-state index contributed by atoms with van der Waals surface area (Å²) < 4.78 is 2.03. The van der Waals surface area contributed by atoms with Gasteiger partial charge in [-0.25, -0.2) is 0 Å². The van der Waals surface area contributed by atoms with E-state index in [-0.39, 0.29) is 5.91 Å². The number of carbonyl (C=O) groups excluding carboxylic acids is 1. The van der Waals surface area contributed by atoms with Crippen LogP contribution in [0.25, 0.3) is 11.4 Å². The van der Waals surface area contributed by atoms with Crippen molar-refractivity contribution in [2.45, 2.75) is 17.5 Å². The number of halogens is 1. The predicted molar refractivity (Wildman–Crippen MR) is 115 cm³/mol. The van der Waals surface area contributed by atoms with Crippen molar-refractivity contribution in [3.8, 4) is 11.4 Å². The summed E-state index contributed by atoms with van der Waals surface area (Å²) in [5.41, 5.74) is 2.75. The minimum atomic E-state index is -0.00228. The topological polar surface area (TPSA) is 51.0 Å². The fourth-order valence-corrected chi connectivity index (χ4v) is 3.68. The number of thioether (sulfide) groups is 1. The first-order valence-electron chi connectivity index (χ1n) is 8.73. The number of nitrogens with zero attached hydrogens (tertiary/aromatic N) is 4. The Hall–Kier alpha value is -2.57. The third-order valence-electron chi connectivity index (χ3n) is 4.11. The van der Waals surface area contributed by atoms with E-state index in [4.69, 9.17) is 11.6 Å². The Morgan fingerprint density at radius 1 is 1.14 bits per heavy atom. The van der Waals surface area contributed by atoms with Crippen LogP contribution in [0.5, 0.6) is 0 Å². The Balaban J connectivity index is 1.76. The molecule has 3 aromatic rings. The highest BCUT2D eigenvalue weighted by Gasteiger charge is 2.14. The van der Waals surface area contributed by atoms with Gasteiger partial charge in [-0.15, -0.1) is 16.8 Å². The Labute approximate surface area is 174 Å². The lowest BCUT2D eigenvalue weighted by Crippen LogP contribution is -2.21. The molecule has 1 heterocycles. The molecule has 0 spiro atoms. The summed E-state index contributed by atoms with van der Waals surface area (Å²) in [5.74, 6) is 1.51. The maximum absolute atomic E-state index is 12.0. The minimum Gasteiger partial charge on any atom is -0.345 e. The summed E-state index contributed by atoms with van der Waals surface area (Å²) >= 11 is 7.58. The molecule has 0 radical (unpaired) electrons. The highest BCUT2D eigenvalue weighted by molar-refractivity contribution is 7.98. The molecular weight excluding hydrogens is 392 g/mol. The van der Waals surface area contributed by atoms with Gasteiger partial charge in [-0.05, 0) is 42.0 Å². The Morgan fingerprint density at radius 3 is 2.43 bits per heavy atom. The molecule has 2 aromatic carbocycles. The number of amides is 1. The molecule has 144 valence electrons. The van der Waals surface area contributed by atoms with E-state index in [9.17, 15) is 4.79 Å². The van der Waals surface area contributed by atoms with Crippen molar-refractivity contribution in [2.75, 3.05) is 14.1 Å². The van der Waals surface area contributed by atoms with Gasteiger partial charge in [0.1, 0.15) is 0 Å². The zero-order valence-electron chi connectivity index (χ0n) is 15.8. The molecule has 7 heteroatoms. The van der Waals surface area contributed by atoms with Gasteiger partial charge in [-0.2, -0.15) is 0 Å². The average Bonchev–Trinajstić information content (AvgIpc) is 3.09. The first kappa shape index (κ1) is 20.2. The molecule has 5 nitrogen and oxygen atoms in total. The van der Waals surface area contributed by atoms with E-state index in [0.29, 0.717) is 17.1 Å². The lowest BCUT2D eigenvalue weighted by molar-refractivity contribution is 0.0827. The van der Waals surface area contributed by atoms with Crippen LogP contribution in [0.2, 0.25) is 5.02 Å². The van der Waals surface area contributed by atoms with Gasteiger partial charge in [0.15, 0.2) is 11.0 Å². The van der Waals surface area contributed by atoms with Gasteiger partial charge in [-0.3, -0.25) is 9.36 Å². The molecule has 0 saturated heterocycles. The second-order valence-electron chi connectivity index (χ2n) is 6.40. The number of allylic oxidation sites excluding steroid dienone is 1. The summed E-state index contributed by atoms with van der Waals surface area (Å²) in [4.78, 5) is 13.6. The second-order valence-corrected chi connectivity index (χ2v) is 7.78. The highest BCUT2D eigenvalue weighted by Crippen LogP contribution is 2.27. The van der Waals surface area contributed by atoms with E-state index in [2.05, 4.69) is 16.8 Å². The van der Waals surface area contributed by atoms with Gasteiger partial charge in [0.2, 0.25) is 0 Å². The van der Waals surface area contributed by atoms with Crippen LogP contribution in [-0.2, 0) is 12.3 Å². The lowest BCUT2D eigenvalue weighted by Gasteiger charge is -2.10. The Kier molecular flexibility index (Phi) is 6.54. The number of carbonyl (C=O) groups is 1. The first-order valence-corrected chi connectivity index (χ1v) is 10.1. The van der Waals surface area contributed by atoms with Gasteiger partial charge in [0, 0.05) is 42.5 Å². The molecule has 0 aliphatic heterocycles. The van der Waals surface area contributed by atoms with E-state index < -0.39 is 0 Å². The molecule has 3 rings (SSSR count). The van der Waals surface area contributed by atoms with E-state index in [1.807, 2.05) is 59.2 Å². The van der Waals surface area contributed by atoms with Crippen molar-refractivity contribution in [1.29, 1.82) is 0 Å². The molecule has 0 saturated carbocycles. The quantitative estimate of drug-likeness (QED) is 0.414. The molecule has 0 bridgehead atoms. The molecule has 1 aromatic heterocycles. The van der Waals surface area contributed by atoms with Crippen LogP contribution in [-0.4, -0.2) is 39.7 Å². The minimum absolute atomic E-state index is 0.00228. The normalized spacial score (nSPS) is 10.7. The fourth-order valence-electron chi connectivity index (χ4n) is 2.65. The second kappa shape index (κ2) is 9.08. The largest absolute Gasteiger partial charge is 0.345 e. The lowest BCUT2D eigenvalue weighted by atomic mass is 10.1. The molecule has 28 heavy (non-hydrogen) atoms. The van der Waals surface area contributed by atoms with Gasteiger partial charge in [-0.1, -0.05) is 41.6 Å². The summed E-state index contributed by atoms with van der Waals surface area (Å²) in [7, 11) is 3.49. The van der Waals surface area contributed by atoms with Crippen molar-refractivity contribution in [3.05, 3.63) is 77.3 Å². The number of aromatic nitrogens is 3. The molecule has 1 amide bonds. The maximum Gasteiger partial charge on any atom is 0.253 e. The third-order valence-corrected chi connectivity index (χ3v) is 5.40. The van der Waals surface area contributed by atoms with Crippen LogP contribution in [0.4, 0.5) is 0 Å². The maximum atomic E-state index is 12.0. The monoisotopic (exact) mass is 412 g/mol. The molecule has 0 atom stereocenters. The van der Waals surface area contributed by atoms with Crippen molar-refractivity contribution < 1.29 is 4.79 Å². The number of hydrogen-bond donors (Lipinski definition) is 0. The SMILES string of the molecule is C=CCn1c(SCc2ccc(C(=O)N(C)C)cc2)nnc1-c1ccc(Cl)cc1. The van der Waals surface area contributed by atoms with Crippen LogP contribution in [0, 0.1) is 0 Å². The Morgan fingerprint density at radius 2 is 1.82 bits per heavy atom. The number of benzene rings is 2. The number of rotatable bonds is 7. The van der Waals surface area contributed by atoms with Crippen molar-refractivity contribution >= 4 is 29.3 Å². The predicted octanol–water partition coefficient (Wildman–Crippen LogP) is 4.78. The molecule has 0 aliphatic carbocycles. The van der Waals surface area contributed by atoms with Gasteiger partial charge in [0.05, 0.1) is 0 Å². The average molecular weight is 413 g/mol. The summed E-state index contributed by atoms with van der Waals surface area (Å²) in [6.45, 7) is 4.46. The van der Waals surface area contributed by atoms with Crippen molar-refractivity contribution in [3.63, 3.8) is 0 Å². The van der Waals surface area contributed by atoms with Crippen LogP contribution in [0.3, 0.4) is 0 Å². The van der Waals surface area contributed by atoms with E-state index in [1.165, 1.54) is 0 Å². The smallest absolute Gasteiger partial charge is 0.253 e. The first-order chi connectivity index (χ1) is 13.5. The van der Waals surface area contributed by atoms with Gasteiger partial charge >= 0.3 is 0 Å². The van der Waals surface area contributed by atoms with Crippen LogP contribution < -0.4 is 0 Å². The van der Waals surface area contributed by atoms with E-state index >= 15 is 0 Å². The summed E-state index contributed by atoms with van der Waals surface area (Å²) in [6.07, 6.45) is 1.83. The Bertz CT molecular complexity index is 965. The molecule has 0 fully saturated rings. The third kappa shape index (κ3) is 4.64. The van der Waals surface area contributed by atoms with Gasteiger partial charge < -0.3 is 4.90 Å². The summed E-state index contributed by atoms with van der Waals surface area (Å²) in [5, 5.41) is 10.2. The van der Waals surface area contributed by atoms with E-state index in [0.717, 1.165) is 27.9 Å². The zero-order chi connectivity index (χ0) is 20.1. The zero-order valence-corrected chi connectivity index (χ0v) is 17.4. The summed E-state index contributed by atoms with van der Waals surface area (Å²) in [6, 6.07) is 15.2. The van der Waals surface area contributed by atoms with Crippen LogP contribution in [0.15, 0.2) is 66.3 Å². The van der Waals surface area contributed by atoms with E-state index in [1.54, 1.807) is 30.8 Å². The highest BCUT2D eigenvalue weighted by atomic mass is 35.5. The van der Waals surface area contributed by atoms with Crippen molar-refractivity contribution in [2.24, 2.45) is 0 Å². The standard InChI is InChI=1S/C21H21ClN4OS/c1-4-13-26-19(16-9-11-18(22)12-10-16)23-24-21(26)28-14-15-5-7-17(8-6-15)20(27)25(2)3/h4-12H,1,13-14H2,2-3H3. The van der Waals surface area contributed by atoms with Crippen LogP contribution in [0.1, 0.15) is 15.9 Å². The molecular formula is C21H21ClN4OS. The van der Waals surface area contributed by atoms with Gasteiger partial charge in [0.25, 0.3) is 5.91 Å². The fraction of sp³-hybridized carbons (Fsp3) is 0.190. The number of hydrogen-bond acceptors (Lipinski definition) is 4. The molecule has 0 aliphatic rings. The molecule has 0 unspecified atom stereocenters. The van der Waals surface area contributed by atoms with Crippen molar-refractivity contribution in [1.82, 2.24) is 19.7 Å². The van der Waals surface area contributed by atoms with Crippen LogP contribution >= 0.6 is 23.4 Å². The molecule has 0 N–H and O–H groups in total.